The molecular weight excluding hydrogens is 309 g/mol. The molecule has 3 nitrogen and oxygen atoms in total. The monoisotopic (exact) mass is 331 g/mol. The van der Waals surface area contributed by atoms with Crippen LogP contribution in [0.3, 0.4) is 0 Å². The number of halogens is 2. The molecule has 2 atom stereocenters. The van der Waals surface area contributed by atoms with Crippen molar-refractivity contribution in [1.29, 1.82) is 0 Å². The molecule has 0 radical (unpaired) electrons. The Bertz CT molecular complexity index is 462. The largest absolute Gasteiger partial charge is 0.489 e. The van der Waals surface area contributed by atoms with Crippen LogP contribution in [-0.4, -0.2) is 25.4 Å². The highest BCUT2D eigenvalue weighted by Crippen LogP contribution is 2.33. The van der Waals surface area contributed by atoms with Crippen LogP contribution in [0.5, 0.6) is 5.75 Å². The molecule has 1 heterocycles. The first-order chi connectivity index (χ1) is 10.1. The van der Waals surface area contributed by atoms with Crippen LogP contribution in [0.25, 0.3) is 0 Å². The molecule has 0 spiro atoms. The number of nitrogens with two attached hydrogens (primary N) is 1. The second-order valence-corrected chi connectivity index (χ2v) is 6.39. The molecule has 2 N–H and O–H groups in total. The second-order valence-electron chi connectivity index (χ2n) is 5.55. The summed E-state index contributed by atoms with van der Waals surface area (Å²) in [7, 11) is 0. The first-order valence-corrected chi connectivity index (χ1v) is 8.33. The number of rotatable bonds is 6. The molecular formula is C16H23Cl2NO2. The van der Waals surface area contributed by atoms with E-state index in [1.165, 1.54) is 6.42 Å². The highest BCUT2D eigenvalue weighted by molar-refractivity contribution is 6.35. The van der Waals surface area contributed by atoms with E-state index in [2.05, 4.69) is 6.92 Å². The van der Waals surface area contributed by atoms with E-state index in [0.29, 0.717) is 28.8 Å². The smallest absolute Gasteiger partial charge is 0.141 e. The fourth-order valence-corrected chi connectivity index (χ4v) is 3.06. The van der Waals surface area contributed by atoms with Crippen molar-refractivity contribution in [1.82, 2.24) is 0 Å². The number of benzene rings is 1. The molecule has 118 valence electrons. The number of ether oxygens (including phenoxy) is 2. The van der Waals surface area contributed by atoms with Crippen LogP contribution in [0.15, 0.2) is 12.1 Å². The van der Waals surface area contributed by atoms with Crippen molar-refractivity contribution in [3.05, 3.63) is 27.7 Å². The van der Waals surface area contributed by atoms with Crippen LogP contribution >= 0.6 is 23.2 Å². The third-order valence-electron chi connectivity index (χ3n) is 3.78. The minimum Gasteiger partial charge on any atom is -0.489 e. The molecule has 0 aliphatic carbocycles. The minimum atomic E-state index is 0.0767. The van der Waals surface area contributed by atoms with Crippen LogP contribution in [0.1, 0.15) is 38.2 Å². The van der Waals surface area contributed by atoms with Gasteiger partial charge >= 0.3 is 0 Å². The van der Waals surface area contributed by atoms with Crippen LogP contribution in [0.4, 0.5) is 0 Å². The average molecular weight is 332 g/mol. The Morgan fingerprint density at radius 1 is 1.38 bits per heavy atom. The Labute approximate surface area is 136 Å². The maximum atomic E-state index is 6.29. The van der Waals surface area contributed by atoms with Gasteiger partial charge < -0.3 is 15.2 Å². The topological polar surface area (TPSA) is 44.5 Å². The molecule has 0 bridgehead atoms. The summed E-state index contributed by atoms with van der Waals surface area (Å²) in [5.41, 5.74) is 7.02. The maximum Gasteiger partial charge on any atom is 0.141 e. The summed E-state index contributed by atoms with van der Waals surface area (Å²) in [5, 5.41) is 1.15. The van der Waals surface area contributed by atoms with Gasteiger partial charge in [0, 0.05) is 17.7 Å². The SMILES string of the molecule is CCC(N)Cc1cc(Cl)cc(Cl)c1OCC1CCCCO1. The Morgan fingerprint density at radius 2 is 2.19 bits per heavy atom. The van der Waals surface area contributed by atoms with Gasteiger partial charge in [-0.15, -0.1) is 0 Å². The van der Waals surface area contributed by atoms with E-state index in [0.717, 1.165) is 31.4 Å². The molecule has 2 rings (SSSR count). The molecule has 1 aromatic carbocycles. The third kappa shape index (κ3) is 5.03. The Balaban J connectivity index is 2.08. The van der Waals surface area contributed by atoms with Gasteiger partial charge in [0.05, 0.1) is 11.1 Å². The summed E-state index contributed by atoms with van der Waals surface area (Å²) in [4.78, 5) is 0. The van der Waals surface area contributed by atoms with Gasteiger partial charge in [0.25, 0.3) is 0 Å². The van der Waals surface area contributed by atoms with E-state index in [9.17, 15) is 0 Å². The van der Waals surface area contributed by atoms with Gasteiger partial charge in [-0.1, -0.05) is 30.1 Å². The lowest BCUT2D eigenvalue weighted by atomic mass is 10.0. The first-order valence-electron chi connectivity index (χ1n) is 7.58. The summed E-state index contributed by atoms with van der Waals surface area (Å²) in [6, 6.07) is 3.68. The highest BCUT2D eigenvalue weighted by atomic mass is 35.5. The van der Waals surface area contributed by atoms with E-state index in [-0.39, 0.29) is 12.1 Å². The normalized spacial score (nSPS) is 20.3. The van der Waals surface area contributed by atoms with Gasteiger partial charge in [-0.2, -0.15) is 0 Å². The van der Waals surface area contributed by atoms with E-state index < -0.39 is 0 Å². The lowest BCUT2D eigenvalue weighted by Gasteiger charge is -2.24. The summed E-state index contributed by atoms with van der Waals surface area (Å²) in [5.74, 6) is 0.694. The van der Waals surface area contributed by atoms with E-state index in [4.69, 9.17) is 38.4 Å². The molecule has 1 aliphatic rings. The van der Waals surface area contributed by atoms with Crippen molar-refractivity contribution in [2.24, 2.45) is 5.73 Å². The van der Waals surface area contributed by atoms with E-state index in [1.54, 1.807) is 6.07 Å². The van der Waals surface area contributed by atoms with Gasteiger partial charge in [0.15, 0.2) is 0 Å². The van der Waals surface area contributed by atoms with Crippen LogP contribution in [0, 0.1) is 0 Å². The third-order valence-corrected chi connectivity index (χ3v) is 4.28. The van der Waals surface area contributed by atoms with Gasteiger partial charge in [0.1, 0.15) is 12.4 Å². The molecule has 1 aromatic rings. The molecule has 1 aliphatic heterocycles. The van der Waals surface area contributed by atoms with Crippen molar-refractivity contribution >= 4 is 23.2 Å². The Hall–Kier alpha value is -0.480. The summed E-state index contributed by atoms with van der Waals surface area (Å²) >= 11 is 12.4. The van der Waals surface area contributed by atoms with Crippen LogP contribution < -0.4 is 10.5 Å². The molecule has 1 saturated heterocycles. The zero-order valence-electron chi connectivity index (χ0n) is 12.4. The van der Waals surface area contributed by atoms with Crippen molar-refractivity contribution in [2.75, 3.05) is 13.2 Å². The number of hydrogen-bond donors (Lipinski definition) is 1. The van der Waals surface area contributed by atoms with Gasteiger partial charge in [-0.05, 0) is 49.8 Å². The predicted octanol–water partition coefficient (Wildman–Crippen LogP) is 4.22. The maximum absolute atomic E-state index is 6.29. The predicted molar refractivity (Wildman–Crippen MR) is 87.5 cm³/mol. The Morgan fingerprint density at radius 3 is 2.86 bits per heavy atom. The van der Waals surface area contributed by atoms with Crippen LogP contribution in [-0.2, 0) is 11.2 Å². The molecule has 0 saturated carbocycles. The molecule has 1 fully saturated rings. The fourth-order valence-electron chi connectivity index (χ4n) is 2.47. The lowest BCUT2D eigenvalue weighted by Crippen LogP contribution is -2.26. The molecule has 0 aromatic heterocycles. The van der Waals surface area contributed by atoms with Gasteiger partial charge in [-0.3, -0.25) is 0 Å². The quantitative estimate of drug-likeness (QED) is 0.848. The average Bonchev–Trinajstić information content (AvgIpc) is 2.47. The zero-order chi connectivity index (χ0) is 15.2. The van der Waals surface area contributed by atoms with Gasteiger partial charge in [-0.25, -0.2) is 0 Å². The fraction of sp³-hybridized carbons (Fsp3) is 0.625. The summed E-state index contributed by atoms with van der Waals surface area (Å²) < 4.78 is 11.6. The van der Waals surface area contributed by atoms with Crippen molar-refractivity contribution in [3.63, 3.8) is 0 Å². The first kappa shape index (κ1) is 16.9. The molecule has 21 heavy (non-hydrogen) atoms. The summed E-state index contributed by atoms with van der Waals surface area (Å²) in [6.07, 6.45) is 5.12. The zero-order valence-corrected chi connectivity index (χ0v) is 13.9. The van der Waals surface area contributed by atoms with E-state index in [1.807, 2.05) is 6.07 Å². The Kier molecular flexibility index (Phi) is 6.62. The standard InChI is InChI=1S/C16H23Cl2NO2/c1-2-13(19)8-11-7-12(17)9-15(18)16(11)21-10-14-5-3-4-6-20-14/h7,9,13-14H,2-6,8,10,19H2,1H3. The molecule has 5 heteroatoms. The summed E-state index contributed by atoms with van der Waals surface area (Å²) in [6.45, 7) is 3.40. The second kappa shape index (κ2) is 8.23. The van der Waals surface area contributed by atoms with Gasteiger partial charge in [0.2, 0.25) is 0 Å². The lowest BCUT2D eigenvalue weighted by molar-refractivity contribution is -0.0112. The van der Waals surface area contributed by atoms with Crippen molar-refractivity contribution in [2.45, 2.75) is 51.2 Å². The van der Waals surface area contributed by atoms with E-state index >= 15 is 0 Å². The molecule has 2 unspecified atom stereocenters. The highest BCUT2D eigenvalue weighted by Gasteiger charge is 2.18. The minimum absolute atomic E-state index is 0.0767. The van der Waals surface area contributed by atoms with Crippen molar-refractivity contribution < 1.29 is 9.47 Å². The van der Waals surface area contributed by atoms with Crippen molar-refractivity contribution in [3.8, 4) is 5.75 Å². The molecule has 0 amide bonds. The van der Waals surface area contributed by atoms with Crippen LogP contribution in [0.2, 0.25) is 10.0 Å². The number of hydrogen-bond acceptors (Lipinski definition) is 3.